The van der Waals surface area contributed by atoms with Gasteiger partial charge in [0.25, 0.3) is 0 Å². The standard InChI is InChI=1S/C22H35N/c1-9-19(15-17(5)6)14-13-18(7)21(12-4)16-22(23-8)20(10-2)11-3/h10-11,13-14,16-17H,2,9,12,15H2,1,3-8H3/b18-13+,19-14+,20-11+,21-16+,23-22?. The van der Waals surface area contributed by atoms with E-state index >= 15 is 0 Å². The van der Waals surface area contributed by atoms with Crippen LogP contribution in [0.1, 0.15) is 60.8 Å². The van der Waals surface area contributed by atoms with Crippen LogP contribution in [0.25, 0.3) is 0 Å². The maximum absolute atomic E-state index is 4.41. The van der Waals surface area contributed by atoms with Crippen LogP contribution in [0.5, 0.6) is 0 Å². The number of rotatable bonds is 9. The predicted octanol–water partition coefficient (Wildman–Crippen LogP) is 6.85. The summed E-state index contributed by atoms with van der Waals surface area (Å²) in [5, 5.41) is 0. The van der Waals surface area contributed by atoms with Crippen LogP contribution < -0.4 is 0 Å². The van der Waals surface area contributed by atoms with Gasteiger partial charge in [0, 0.05) is 7.05 Å². The van der Waals surface area contributed by atoms with Crippen molar-refractivity contribution in [1.82, 2.24) is 0 Å². The van der Waals surface area contributed by atoms with Crippen LogP contribution in [0.15, 0.2) is 64.2 Å². The predicted molar refractivity (Wildman–Crippen MR) is 107 cm³/mol. The van der Waals surface area contributed by atoms with E-state index in [2.05, 4.69) is 70.5 Å². The number of hydrogen-bond donors (Lipinski definition) is 0. The number of allylic oxidation sites excluding steroid dienone is 9. The molecule has 0 unspecified atom stereocenters. The highest BCUT2D eigenvalue weighted by atomic mass is 14.7. The van der Waals surface area contributed by atoms with Crippen LogP contribution in [0, 0.1) is 5.92 Å². The van der Waals surface area contributed by atoms with Crippen molar-refractivity contribution < 1.29 is 0 Å². The molecular weight excluding hydrogens is 278 g/mol. The molecule has 0 spiro atoms. The lowest BCUT2D eigenvalue weighted by atomic mass is 9.97. The third-order valence-electron chi connectivity index (χ3n) is 3.96. The summed E-state index contributed by atoms with van der Waals surface area (Å²) in [6, 6.07) is 0. The van der Waals surface area contributed by atoms with Gasteiger partial charge in [0.1, 0.15) is 0 Å². The van der Waals surface area contributed by atoms with E-state index in [1.165, 1.54) is 23.1 Å². The Morgan fingerprint density at radius 3 is 2.17 bits per heavy atom. The topological polar surface area (TPSA) is 12.4 Å². The zero-order chi connectivity index (χ0) is 17.8. The fourth-order valence-electron chi connectivity index (χ4n) is 2.51. The third-order valence-corrected chi connectivity index (χ3v) is 3.96. The summed E-state index contributed by atoms with van der Waals surface area (Å²) in [5.41, 5.74) is 6.22. The van der Waals surface area contributed by atoms with Gasteiger partial charge in [-0.3, -0.25) is 4.99 Å². The van der Waals surface area contributed by atoms with Crippen LogP contribution in [0.2, 0.25) is 0 Å². The SMILES string of the molecule is C=C/C(=C\C)C(/C=C(CC)/C(C)=C/C=C(\CC)CC(C)C)=NC. The van der Waals surface area contributed by atoms with Crippen LogP contribution in [-0.2, 0) is 0 Å². The largest absolute Gasteiger partial charge is 0.288 e. The molecule has 0 radical (unpaired) electrons. The van der Waals surface area contributed by atoms with E-state index in [9.17, 15) is 0 Å². The second-order valence-electron chi connectivity index (χ2n) is 6.21. The molecule has 1 heteroatoms. The van der Waals surface area contributed by atoms with Crippen molar-refractivity contribution in [2.75, 3.05) is 7.05 Å². The molecule has 23 heavy (non-hydrogen) atoms. The summed E-state index contributed by atoms with van der Waals surface area (Å²) < 4.78 is 0. The minimum absolute atomic E-state index is 0.708. The van der Waals surface area contributed by atoms with E-state index in [0.717, 1.165) is 24.1 Å². The van der Waals surface area contributed by atoms with Crippen LogP contribution in [-0.4, -0.2) is 12.8 Å². The molecule has 0 aromatic rings. The minimum Gasteiger partial charge on any atom is -0.288 e. The summed E-state index contributed by atoms with van der Waals surface area (Å²) in [5.74, 6) is 0.708. The lowest BCUT2D eigenvalue weighted by Crippen LogP contribution is -1.99. The summed E-state index contributed by atoms with van der Waals surface area (Å²) in [4.78, 5) is 4.41. The van der Waals surface area contributed by atoms with E-state index in [-0.39, 0.29) is 0 Å². The Morgan fingerprint density at radius 2 is 1.78 bits per heavy atom. The van der Waals surface area contributed by atoms with Crippen molar-refractivity contribution in [1.29, 1.82) is 0 Å². The smallest absolute Gasteiger partial charge is 0.0642 e. The molecule has 0 heterocycles. The molecule has 1 nitrogen and oxygen atoms in total. The van der Waals surface area contributed by atoms with Crippen molar-refractivity contribution >= 4 is 5.71 Å². The summed E-state index contributed by atoms with van der Waals surface area (Å²) in [6.45, 7) is 17.1. The maximum atomic E-state index is 4.41. The molecule has 128 valence electrons. The molecule has 0 aliphatic carbocycles. The van der Waals surface area contributed by atoms with Gasteiger partial charge in [-0.05, 0) is 61.8 Å². The molecule has 0 bridgehead atoms. The Morgan fingerprint density at radius 1 is 1.13 bits per heavy atom. The van der Waals surface area contributed by atoms with Gasteiger partial charge in [0.15, 0.2) is 0 Å². The number of hydrogen-bond acceptors (Lipinski definition) is 1. The summed E-state index contributed by atoms with van der Waals surface area (Å²) in [7, 11) is 1.84. The first kappa shape index (κ1) is 21.4. The fraction of sp³-hybridized carbons (Fsp3) is 0.500. The molecule has 0 atom stereocenters. The second kappa shape index (κ2) is 11.9. The van der Waals surface area contributed by atoms with Gasteiger partial charge < -0.3 is 0 Å². The van der Waals surface area contributed by atoms with Gasteiger partial charge in [-0.1, -0.05) is 64.2 Å². The highest BCUT2D eigenvalue weighted by Crippen LogP contribution is 2.19. The summed E-state index contributed by atoms with van der Waals surface area (Å²) >= 11 is 0. The van der Waals surface area contributed by atoms with E-state index in [1.807, 2.05) is 20.0 Å². The molecule has 0 rings (SSSR count). The van der Waals surface area contributed by atoms with Gasteiger partial charge >= 0.3 is 0 Å². The average Bonchev–Trinajstić information content (AvgIpc) is 2.54. The first-order valence-electron chi connectivity index (χ1n) is 8.76. The normalized spacial score (nSPS) is 15.4. The molecule has 0 aliphatic rings. The zero-order valence-electron chi connectivity index (χ0n) is 16.2. The van der Waals surface area contributed by atoms with E-state index < -0.39 is 0 Å². The van der Waals surface area contributed by atoms with Crippen molar-refractivity contribution in [3.8, 4) is 0 Å². The Bertz CT molecular complexity index is 522. The van der Waals surface area contributed by atoms with Gasteiger partial charge in [0.2, 0.25) is 0 Å². The molecule has 0 aromatic heterocycles. The van der Waals surface area contributed by atoms with Gasteiger partial charge in [0.05, 0.1) is 5.71 Å². The molecular formula is C22H35N. The van der Waals surface area contributed by atoms with E-state index in [0.29, 0.717) is 5.92 Å². The number of aliphatic imine (C=N–C) groups is 1. The first-order valence-corrected chi connectivity index (χ1v) is 8.76. The highest BCUT2D eigenvalue weighted by Gasteiger charge is 2.04. The van der Waals surface area contributed by atoms with Crippen LogP contribution in [0.4, 0.5) is 0 Å². The monoisotopic (exact) mass is 313 g/mol. The Hall–Kier alpha value is -1.63. The first-order chi connectivity index (χ1) is 10.9. The zero-order valence-corrected chi connectivity index (χ0v) is 16.2. The fourth-order valence-corrected chi connectivity index (χ4v) is 2.51. The average molecular weight is 314 g/mol. The third kappa shape index (κ3) is 7.97. The Labute approximate surface area is 144 Å². The quantitative estimate of drug-likeness (QED) is 0.326. The molecule has 0 aliphatic heterocycles. The lowest BCUT2D eigenvalue weighted by molar-refractivity contribution is 0.630. The van der Waals surface area contributed by atoms with E-state index in [1.54, 1.807) is 0 Å². The molecule has 0 N–H and O–H groups in total. The maximum Gasteiger partial charge on any atom is 0.0642 e. The minimum atomic E-state index is 0.708. The highest BCUT2D eigenvalue weighted by molar-refractivity contribution is 6.10. The van der Waals surface area contributed by atoms with Crippen molar-refractivity contribution in [2.24, 2.45) is 10.9 Å². The van der Waals surface area contributed by atoms with Gasteiger partial charge in [-0.25, -0.2) is 0 Å². The van der Waals surface area contributed by atoms with Crippen LogP contribution >= 0.6 is 0 Å². The lowest BCUT2D eigenvalue weighted by Gasteiger charge is -2.09. The molecule has 0 saturated heterocycles. The molecule has 0 amide bonds. The van der Waals surface area contributed by atoms with Crippen molar-refractivity contribution in [2.45, 2.75) is 60.8 Å². The second-order valence-corrected chi connectivity index (χ2v) is 6.21. The Kier molecular flexibility index (Phi) is 11.0. The molecule has 0 fully saturated rings. The summed E-state index contributed by atoms with van der Waals surface area (Å²) in [6.07, 6.45) is 13.9. The van der Waals surface area contributed by atoms with Gasteiger partial charge in [-0.2, -0.15) is 0 Å². The van der Waals surface area contributed by atoms with Crippen molar-refractivity contribution in [3.63, 3.8) is 0 Å². The molecule has 0 aromatic carbocycles. The van der Waals surface area contributed by atoms with Crippen molar-refractivity contribution in [3.05, 3.63) is 59.3 Å². The molecule has 0 saturated carbocycles. The van der Waals surface area contributed by atoms with Crippen LogP contribution in [0.3, 0.4) is 0 Å². The Balaban J connectivity index is 5.51. The van der Waals surface area contributed by atoms with E-state index in [4.69, 9.17) is 0 Å². The number of nitrogens with zero attached hydrogens (tertiary/aromatic N) is 1. The van der Waals surface area contributed by atoms with Gasteiger partial charge in [-0.15, -0.1) is 0 Å².